The third kappa shape index (κ3) is 2.80. The zero-order valence-corrected chi connectivity index (χ0v) is 12.1. The van der Waals surface area contributed by atoms with Gasteiger partial charge in [0, 0.05) is 12.5 Å². The minimum Gasteiger partial charge on any atom is -0.469 e. The molecule has 1 aliphatic rings. The number of hydrogen-bond acceptors (Lipinski definition) is 2. The van der Waals surface area contributed by atoms with Crippen molar-refractivity contribution in [2.45, 2.75) is 38.6 Å². The number of furan rings is 1. The normalized spacial score (nSPS) is 22.2. The molecule has 2 aromatic rings. The summed E-state index contributed by atoms with van der Waals surface area (Å²) < 4.78 is 5.56. The largest absolute Gasteiger partial charge is 0.469 e. The predicted octanol–water partition coefficient (Wildman–Crippen LogP) is 4.13. The Bertz CT molecular complexity index is 532. The van der Waals surface area contributed by atoms with Crippen LogP contribution in [0.4, 0.5) is 0 Å². The van der Waals surface area contributed by atoms with Crippen molar-refractivity contribution in [1.82, 2.24) is 5.32 Å². The van der Waals surface area contributed by atoms with E-state index >= 15 is 0 Å². The van der Waals surface area contributed by atoms with Crippen LogP contribution < -0.4 is 5.32 Å². The van der Waals surface area contributed by atoms with Gasteiger partial charge in [0.05, 0.1) is 6.26 Å². The summed E-state index contributed by atoms with van der Waals surface area (Å²) in [5, 5.41) is 3.70. The van der Waals surface area contributed by atoms with E-state index in [-0.39, 0.29) is 0 Å². The Balaban J connectivity index is 1.89. The highest BCUT2D eigenvalue weighted by Crippen LogP contribution is 2.35. The fourth-order valence-electron chi connectivity index (χ4n) is 3.44. The van der Waals surface area contributed by atoms with E-state index < -0.39 is 0 Å². The number of fused-ring (bicyclic) bond motifs is 1. The van der Waals surface area contributed by atoms with Gasteiger partial charge in [-0.2, -0.15) is 0 Å². The Morgan fingerprint density at radius 3 is 2.90 bits per heavy atom. The van der Waals surface area contributed by atoms with E-state index in [1.54, 1.807) is 6.26 Å². The van der Waals surface area contributed by atoms with E-state index in [1.807, 2.05) is 6.07 Å². The molecule has 0 fully saturated rings. The summed E-state index contributed by atoms with van der Waals surface area (Å²) in [7, 11) is 0. The highest BCUT2D eigenvalue weighted by molar-refractivity contribution is 5.32. The van der Waals surface area contributed by atoms with Crippen molar-refractivity contribution < 1.29 is 4.42 Å². The van der Waals surface area contributed by atoms with Crippen LogP contribution in [0.25, 0.3) is 0 Å². The second-order valence-electron chi connectivity index (χ2n) is 5.67. The molecule has 1 N–H and O–H groups in total. The zero-order chi connectivity index (χ0) is 13.8. The first-order valence-corrected chi connectivity index (χ1v) is 7.72. The van der Waals surface area contributed by atoms with Gasteiger partial charge in [-0.05, 0) is 55.0 Å². The van der Waals surface area contributed by atoms with Crippen LogP contribution in [-0.4, -0.2) is 6.54 Å². The van der Waals surface area contributed by atoms with Gasteiger partial charge in [-0.3, -0.25) is 0 Å². The molecule has 3 rings (SSSR count). The van der Waals surface area contributed by atoms with Gasteiger partial charge in [-0.25, -0.2) is 0 Å². The van der Waals surface area contributed by atoms with Crippen molar-refractivity contribution in [3.05, 3.63) is 59.5 Å². The fourth-order valence-corrected chi connectivity index (χ4v) is 3.44. The second-order valence-corrected chi connectivity index (χ2v) is 5.67. The minimum atomic E-state index is 0.448. The molecule has 1 heterocycles. The van der Waals surface area contributed by atoms with Crippen molar-refractivity contribution in [2.75, 3.05) is 6.54 Å². The Hall–Kier alpha value is -1.54. The highest BCUT2D eigenvalue weighted by atomic mass is 16.3. The van der Waals surface area contributed by atoms with E-state index in [0.717, 1.165) is 18.7 Å². The van der Waals surface area contributed by atoms with Crippen molar-refractivity contribution in [2.24, 2.45) is 5.92 Å². The summed E-state index contributed by atoms with van der Waals surface area (Å²) in [6, 6.07) is 13.4. The molecule has 106 valence electrons. The standard InChI is InChI=1S/C18H23NO/c1-2-19-18-15(13-16-10-6-12-20-16)9-5-8-14-7-3-4-11-17(14)18/h3-4,6-7,10-12,15,18-19H,2,5,8-9,13H2,1H3. The van der Waals surface area contributed by atoms with Crippen molar-refractivity contribution in [1.29, 1.82) is 0 Å². The summed E-state index contributed by atoms with van der Waals surface area (Å²) in [5.41, 5.74) is 3.00. The number of hydrogen-bond donors (Lipinski definition) is 1. The lowest BCUT2D eigenvalue weighted by atomic mass is 9.87. The van der Waals surface area contributed by atoms with Crippen LogP contribution in [0.5, 0.6) is 0 Å². The zero-order valence-electron chi connectivity index (χ0n) is 12.1. The highest BCUT2D eigenvalue weighted by Gasteiger charge is 2.27. The van der Waals surface area contributed by atoms with Crippen LogP contribution in [0.2, 0.25) is 0 Å². The fraction of sp³-hybridized carbons (Fsp3) is 0.444. The van der Waals surface area contributed by atoms with Gasteiger partial charge in [0.25, 0.3) is 0 Å². The monoisotopic (exact) mass is 269 g/mol. The molecule has 1 aliphatic carbocycles. The van der Waals surface area contributed by atoms with Crippen molar-refractivity contribution in [3.63, 3.8) is 0 Å². The molecule has 2 atom stereocenters. The van der Waals surface area contributed by atoms with E-state index in [9.17, 15) is 0 Å². The van der Waals surface area contributed by atoms with E-state index in [0.29, 0.717) is 12.0 Å². The lowest BCUT2D eigenvalue weighted by Gasteiger charge is -2.27. The predicted molar refractivity (Wildman–Crippen MR) is 81.7 cm³/mol. The van der Waals surface area contributed by atoms with Crippen LogP contribution in [0, 0.1) is 5.92 Å². The Kier molecular flexibility index (Phi) is 4.22. The van der Waals surface area contributed by atoms with Gasteiger partial charge in [-0.1, -0.05) is 31.2 Å². The summed E-state index contributed by atoms with van der Waals surface area (Å²) in [5.74, 6) is 1.72. The molecule has 0 spiro atoms. The molecule has 0 bridgehead atoms. The van der Waals surface area contributed by atoms with Crippen LogP contribution in [0.1, 0.15) is 42.7 Å². The summed E-state index contributed by atoms with van der Waals surface area (Å²) >= 11 is 0. The van der Waals surface area contributed by atoms with Gasteiger partial charge in [-0.15, -0.1) is 0 Å². The molecule has 0 radical (unpaired) electrons. The number of aryl methyl sites for hydroxylation is 1. The summed E-state index contributed by atoms with van der Waals surface area (Å²) in [6.07, 6.45) is 6.53. The van der Waals surface area contributed by atoms with E-state index in [1.165, 1.54) is 30.4 Å². The van der Waals surface area contributed by atoms with E-state index in [4.69, 9.17) is 4.42 Å². The third-order valence-electron chi connectivity index (χ3n) is 4.35. The van der Waals surface area contributed by atoms with Crippen molar-refractivity contribution >= 4 is 0 Å². The molecular weight excluding hydrogens is 246 g/mol. The maximum Gasteiger partial charge on any atom is 0.104 e. The Morgan fingerprint density at radius 1 is 1.20 bits per heavy atom. The average Bonchev–Trinajstić information content (AvgIpc) is 2.91. The molecular formula is C18H23NO. The van der Waals surface area contributed by atoms with E-state index in [2.05, 4.69) is 42.6 Å². The van der Waals surface area contributed by atoms with Crippen LogP contribution in [-0.2, 0) is 12.8 Å². The third-order valence-corrected chi connectivity index (χ3v) is 4.35. The molecule has 1 aromatic heterocycles. The molecule has 0 amide bonds. The lowest BCUT2D eigenvalue weighted by Crippen LogP contribution is -2.29. The molecule has 1 aromatic carbocycles. The number of nitrogens with one attached hydrogen (secondary N) is 1. The molecule has 2 nitrogen and oxygen atoms in total. The van der Waals surface area contributed by atoms with Gasteiger partial charge < -0.3 is 9.73 Å². The molecule has 0 aliphatic heterocycles. The topological polar surface area (TPSA) is 25.2 Å². The number of benzene rings is 1. The summed E-state index contributed by atoms with van der Waals surface area (Å²) in [6.45, 7) is 3.20. The van der Waals surface area contributed by atoms with Gasteiger partial charge >= 0.3 is 0 Å². The van der Waals surface area contributed by atoms with Crippen LogP contribution in [0.15, 0.2) is 47.1 Å². The SMILES string of the molecule is CCNC1c2ccccc2CCCC1Cc1ccco1. The quantitative estimate of drug-likeness (QED) is 0.844. The number of rotatable bonds is 4. The minimum absolute atomic E-state index is 0.448. The van der Waals surface area contributed by atoms with Crippen molar-refractivity contribution in [3.8, 4) is 0 Å². The molecule has 0 saturated carbocycles. The first-order valence-electron chi connectivity index (χ1n) is 7.72. The van der Waals surface area contributed by atoms with Crippen LogP contribution in [0.3, 0.4) is 0 Å². The van der Waals surface area contributed by atoms with Crippen LogP contribution >= 0.6 is 0 Å². The second kappa shape index (κ2) is 6.27. The maximum atomic E-state index is 5.56. The Morgan fingerprint density at radius 2 is 2.10 bits per heavy atom. The molecule has 20 heavy (non-hydrogen) atoms. The first kappa shape index (κ1) is 13.4. The Labute approximate surface area is 121 Å². The molecule has 2 unspecified atom stereocenters. The van der Waals surface area contributed by atoms with Gasteiger partial charge in [0.2, 0.25) is 0 Å². The maximum absolute atomic E-state index is 5.56. The smallest absolute Gasteiger partial charge is 0.104 e. The van der Waals surface area contributed by atoms with Gasteiger partial charge in [0.15, 0.2) is 0 Å². The summed E-state index contributed by atoms with van der Waals surface area (Å²) in [4.78, 5) is 0. The molecule has 0 saturated heterocycles. The molecule has 2 heteroatoms. The van der Waals surface area contributed by atoms with Gasteiger partial charge in [0.1, 0.15) is 5.76 Å². The first-order chi connectivity index (χ1) is 9.88. The lowest BCUT2D eigenvalue weighted by molar-refractivity contribution is 0.324. The average molecular weight is 269 g/mol.